The third-order valence-corrected chi connectivity index (χ3v) is 5.27. The number of carbonyl (C=O) groups excluding carboxylic acids is 1. The van der Waals surface area contributed by atoms with Gasteiger partial charge in [0.25, 0.3) is 0 Å². The van der Waals surface area contributed by atoms with E-state index >= 15 is 0 Å². The molecule has 1 N–H and O–H groups in total. The van der Waals surface area contributed by atoms with Crippen LogP contribution >= 0.6 is 11.3 Å². The summed E-state index contributed by atoms with van der Waals surface area (Å²) < 4.78 is 2.67. The lowest BCUT2D eigenvalue weighted by Gasteiger charge is -2.09. The first-order valence-corrected chi connectivity index (χ1v) is 9.18. The molecule has 1 aromatic heterocycles. The molecule has 1 amide bonds. The Morgan fingerprint density at radius 2 is 1.88 bits per heavy atom. The van der Waals surface area contributed by atoms with Crippen LogP contribution in [0.15, 0.2) is 41.2 Å². The Kier molecular flexibility index (Phi) is 4.77. The second kappa shape index (κ2) is 6.84. The van der Waals surface area contributed by atoms with Gasteiger partial charge in [0.15, 0.2) is 0 Å². The van der Waals surface area contributed by atoms with E-state index in [1.165, 1.54) is 22.5 Å². The maximum atomic E-state index is 12.3. The van der Waals surface area contributed by atoms with Crippen molar-refractivity contribution in [1.29, 1.82) is 0 Å². The van der Waals surface area contributed by atoms with Crippen molar-refractivity contribution in [2.45, 2.75) is 40.2 Å². The van der Waals surface area contributed by atoms with E-state index in [-0.39, 0.29) is 16.8 Å². The van der Waals surface area contributed by atoms with Crippen LogP contribution < -0.4 is 10.2 Å². The molecule has 0 radical (unpaired) electrons. The van der Waals surface area contributed by atoms with Gasteiger partial charge in [-0.05, 0) is 62.6 Å². The van der Waals surface area contributed by atoms with Gasteiger partial charge in [-0.15, -0.1) is 0 Å². The molecule has 4 nitrogen and oxygen atoms in total. The van der Waals surface area contributed by atoms with Crippen LogP contribution in [-0.4, -0.2) is 10.5 Å². The van der Waals surface area contributed by atoms with E-state index in [2.05, 4.69) is 12.2 Å². The Bertz CT molecular complexity index is 999. The van der Waals surface area contributed by atoms with Crippen molar-refractivity contribution >= 4 is 33.1 Å². The number of rotatable bonds is 4. The van der Waals surface area contributed by atoms with Gasteiger partial charge >= 0.3 is 4.87 Å². The number of anilines is 1. The maximum Gasteiger partial charge on any atom is 0.308 e. The van der Waals surface area contributed by atoms with Crippen LogP contribution in [0.25, 0.3) is 10.2 Å². The molecular formula is C20H22N2O2S. The molecule has 25 heavy (non-hydrogen) atoms. The van der Waals surface area contributed by atoms with Crippen molar-refractivity contribution in [1.82, 2.24) is 4.57 Å². The monoisotopic (exact) mass is 354 g/mol. The summed E-state index contributed by atoms with van der Waals surface area (Å²) in [6.45, 7) is 8.09. The van der Waals surface area contributed by atoms with E-state index in [1.54, 1.807) is 4.57 Å². The fourth-order valence-electron chi connectivity index (χ4n) is 2.91. The summed E-state index contributed by atoms with van der Waals surface area (Å²) in [6, 6.07) is 11.8. The summed E-state index contributed by atoms with van der Waals surface area (Å²) in [5.74, 6) is -0.0572. The van der Waals surface area contributed by atoms with Gasteiger partial charge < -0.3 is 5.32 Å². The second-order valence-electron chi connectivity index (χ2n) is 6.66. The molecular weight excluding hydrogens is 332 g/mol. The van der Waals surface area contributed by atoms with E-state index in [4.69, 9.17) is 0 Å². The summed E-state index contributed by atoms with van der Waals surface area (Å²) in [6.07, 6.45) is 0.336. The van der Waals surface area contributed by atoms with E-state index < -0.39 is 0 Å². The molecule has 0 unspecified atom stereocenters. The topological polar surface area (TPSA) is 51.1 Å². The number of thiazole rings is 1. The van der Waals surface area contributed by atoms with Gasteiger partial charge in [0.05, 0.1) is 16.6 Å². The average molecular weight is 354 g/mol. The number of aromatic nitrogens is 1. The molecule has 1 heterocycles. The first-order valence-electron chi connectivity index (χ1n) is 8.36. The zero-order valence-electron chi connectivity index (χ0n) is 14.9. The predicted molar refractivity (Wildman–Crippen MR) is 105 cm³/mol. The van der Waals surface area contributed by atoms with Gasteiger partial charge in [-0.3, -0.25) is 14.2 Å². The van der Waals surface area contributed by atoms with Crippen molar-refractivity contribution in [2.24, 2.45) is 0 Å². The third kappa shape index (κ3) is 3.66. The fraction of sp³-hybridized carbons (Fsp3) is 0.300. The molecule has 0 aliphatic carbocycles. The smallest absolute Gasteiger partial charge is 0.308 e. The lowest BCUT2D eigenvalue weighted by atomic mass is 10.0. The van der Waals surface area contributed by atoms with Gasteiger partial charge in [0.2, 0.25) is 5.91 Å². The van der Waals surface area contributed by atoms with Crippen molar-refractivity contribution < 1.29 is 4.79 Å². The zero-order valence-corrected chi connectivity index (χ0v) is 15.7. The maximum absolute atomic E-state index is 12.3. The highest BCUT2D eigenvalue weighted by atomic mass is 32.1. The van der Waals surface area contributed by atoms with Crippen LogP contribution in [0.4, 0.5) is 5.69 Å². The highest BCUT2D eigenvalue weighted by Crippen LogP contribution is 2.24. The number of fused-ring (bicyclic) bond motifs is 1. The minimum Gasteiger partial charge on any atom is -0.326 e. The van der Waals surface area contributed by atoms with Gasteiger partial charge in [-0.1, -0.05) is 29.5 Å². The molecule has 130 valence electrons. The SMILES string of the molecule is Cc1ccc(CC(=O)Nc2ccc3c(c2)sc(=O)n3C(C)C)cc1C. The molecule has 3 aromatic rings. The van der Waals surface area contributed by atoms with Crippen LogP contribution in [-0.2, 0) is 11.2 Å². The molecule has 0 atom stereocenters. The lowest BCUT2D eigenvalue weighted by Crippen LogP contribution is -2.15. The molecule has 0 saturated heterocycles. The summed E-state index contributed by atoms with van der Waals surface area (Å²) in [4.78, 5) is 24.5. The van der Waals surface area contributed by atoms with Crippen molar-refractivity contribution in [3.05, 3.63) is 62.8 Å². The van der Waals surface area contributed by atoms with E-state index in [9.17, 15) is 9.59 Å². The van der Waals surface area contributed by atoms with E-state index in [0.29, 0.717) is 6.42 Å². The van der Waals surface area contributed by atoms with Crippen molar-refractivity contribution in [3.63, 3.8) is 0 Å². The molecule has 0 saturated carbocycles. The number of nitrogens with zero attached hydrogens (tertiary/aromatic N) is 1. The largest absolute Gasteiger partial charge is 0.326 e. The Morgan fingerprint density at radius 1 is 1.12 bits per heavy atom. The molecule has 3 rings (SSSR count). The minimum absolute atomic E-state index is 0.0311. The standard InChI is InChI=1S/C20H22N2O2S/c1-12(2)22-17-8-7-16(11-18(17)25-20(22)24)21-19(23)10-15-6-5-13(3)14(4)9-15/h5-9,11-12H,10H2,1-4H3,(H,21,23). The van der Waals surface area contributed by atoms with E-state index in [1.807, 2.05) is 57.2 Å². The van der Waals surface area contributed by atoms with Gasteiger partial charge in [-0.25, -0.2) is 0 Å². The number of carbonyl (C=O) groups is 1. The summed E-state index contributed by atoms with van der Waals surface area (Å²) in [5.41, 5.74) is 5.04. The normalized spacial score (nSPS) is 11.2. The summed E-state index contributed by atoms with van der Waals surface area (Å²) >= 11 is 1.21. The van der Waals surface area contributed by atoms with Crippen molar-refractivity contribution in [2.75, 3.05) is 5.32 Å². The van der Waals surface area contributed by atoms with Crippen LogP contribution in [0.1, 0.15) is 36.6 Å². The Balaban J connectivity index is 1.79. The highest BCUT2D eigenvalue weighted by Gasteiger charge is 2.12. The van der Waals surface area contributed by atoms with Crippen LogP contribution in [0.3, 0.4) is 0 Å². The molecule has 5 heteroatoms. The van der Waals surface area contributed by atoms with Gasteiger partial charge in [-0.2, -0.15) is 0 Å². The number of hydrogen-bond donors (Lipinski definition) is 1. The van der Waals surface area contributed by atoms with Crippen LogP contribution in [0, 0.1) is 13.8 Å². The molecule has 0 fully saturated rings. The third-order valence-electron chi connectivity index (χ3n) is 4.35. The molecule has 0 aliphatic rings. The van der Waals surface area contributed by atoms with E-state index in [0.717, 1.165) is 21.5 Å². The minimum atomic E-state index is -0.0572. The predicted octanol–water partition coefficient (Wildman–Crippen LogP) is 4.44. The van der Waals surface area contributed by atoms with Crippen molar-refractivity contribution in [3.8, 4) is 0 Å². The molecule has 2 aromatic carbocycles. The molecule has 0 aliphatic heterocycles. The lowest BCUT2D eigenvalue weighted by molar-refractivity contribution is -0.115. The Hall–Kier alpha value is -2.40. The average Bonchev–Trinajstić information content (AvgIpc) is 2.86. The molecule has 0 spiro atoms. The summed E-state index contributed by atoms with van der Waals surface area (Å²) in [7, 11) is 0. The number of benzene rings is 2. The number of amides is 1. The number of nitrogens with one attached hydrogen (secondary N) is 1. The first kappa shape index (κ1) is 17.4. The zero-order chi connectivity index (χ0) is 18.1. The fourth-order valence-corrected chi connectivity index (χ4v) is 3.96. The Morgan fingerprint density at radius 3 is 2.56 bits per heavy atom. The van der Waals surface area contributed by atoms with Gasteiger partial charge in [0, 0.05) is 11.7 Å². The second-order valence-corrected chi connectivity index (χ2v) is 7.65. The van der Waals surface area contributed by atoms with Crippen LogP contribution in [0.2, 0.25) is 0 Å². The quantitative estimate of drug-likeness (QED) is 0.753. The first-order chi connectivity index (χ1) is 11.8. The molecule has 0 bridgehead atoms. The summed E-state index contributed by atoms with van der Waals surface area (Å²) in [5, 5.41) is 2.93. The highest BCUT2D eigenvalue weighted by molar-refractivity contribution is 7.16. The number of aryl methyl sites for hydroxylation is 2. The van der Waals surface area contributed by atoms with Gasteiger partial charge in [0.1, 0.15) is 0 Å². The van der Waals surface area contributed by atoms with Crippen LogP contribution in [0.5, 0.6) is 0 Å². The number of hydrogen-bond acceptors (Lipinski definition) is 3. The Labute approximate surface area is 151 Å².